The summed E-state index contributed by atoms with van der Waals surface area (Å²) < 4.78 is 1.38. The highest BCUT2D eigenvalue weighted by molar-refractivity contribution is 7.17. The number of hydrogen-bond acceptors (Lipinski definition) is 4. The van der Waals surface area contributed by atoms with Gasteiger partial charge in [-0.3, -0.25) is 14.2 Å². The minimum absolute atomic E-state index is 0.0258. The van der Waals surface area contributed by atoms with E-state index in [1.54, 1.807) is 0 Å². The lowest BCUT2D eigenvalue weighted by Gasteiger charge is -2.17. The molecule has 0 unspecified atom stereocenters. The van der Waals surface area contributed by atoms with Crippen molar-refractivity contribution in [1.82, 2.24) is 14.9 Å². The number of nitrogens with zero attached hydrogens (tertiary/aromatic N) is 2. The van der Waals surface area contributed by atoms with Crippen molar-refractivity contribution in [3.8, 4) is 11.1 Å². The highest BCUT2D eigenvalue weighted by Gasteiger charge is 2.16. The van der Waals surface area contributed by atoms with Crippen LogP contribution in [0.1, 0.15) is 26.3 Å². The predicted molar refractivity (Wildman–Crippen MR) is 106 cm³/mol. The Morgan fingerprint density at radius 2 is 1.92 bits per heavy atom. The van der Waals surface area contributed by atoms with Crippen LogP contribution >= 0.6 is 11.3 Å². The molecule has 0 aliphatic heterocycles. The summed E-state index contributed by atoms with van der Waals surface area (Å²) in [4.78, 5) is 30.3. The molecule has 0 fully saturated rings. The summed E-state index contributed by atoms with van der Waals surface area (Å²) in [6.07, 6.45) is 1.46. The van der Waals surface area contributed by atoms with Gasteiger partial charge in [0.1, 0.15) is 11.4 Å². The van der Waals surface area contributed by atoms with Crippen molar-refractivity contribution in [2.75, 3.05) is 0 Å². The van der Waals surface area contributed by atoms with E-state index in [0.717, 1.165) is 11.1 Å². The van der Waals surface area contributed by atoms with Crippen molar-refractivity contribution in [3.05, 3.63) is 51.9 Å². The Hall–Kier alpha value is -2.47. The van der Waals surface area contributed by atoms with Crippen LogP contribution in [0.3, 0.4) is 0 Å². The summed E-state index contributed by atoms with van der Waals surface area (Å²) >= 11 is 1.44. The molecule has 2 aromatic heterocycles. The Morgan fingerprint density at radius 1 is 1.23 bits per heavy atom. The van der Waals surface area contributed by atoms with Crippen LogP contribution in [0.4, 0.5) is 0 Å². The molecule has 0 bridgehead atoms. The standard InChI is InChI=1S/C20H23N3O2S/c1-12(2)14(4)22-17(24)9-23-11-21-19-18(20(23)25)16(10-26-19)15-7-5-13(3)6-8-15/h5-8,10-12,14H,9H2,1-4H3,(H,22,24)/t14-/m0/s1. The number of amides is 1. The molecule has 0 radical (unpaired) electrons. The fourth-order valence-corrected chi connectivity index (χ4v) is 3.55. The summed E-state index contributed by atoms with van der Waals surface area (Å²) in [6, 6.07) is 8.11. The third kappa shape index (κ3) is 3.70. The highest BCUT2D eigenvalue weighted by Crippen LogP contribution is 2.30. The summed E-state index contributed by atoms with van der Waals surface area (Å²) in [5.41, 5.74) is 2.84. The van der Waals surface area contributed by atoms with Gasteiger partial charge in [0.05, 0.1) is 11.7 Å². The van der Waals surface area contributed by atoms with Gasteiger partial charge >= 0.3 is 0 Å². The predicted octanol–water partition coefficient (Wildman–Crippen LogP) is 3.59. The second-order valence-corrected chi connectivity index (χ2v) is 7.83. The molecule has 6 heteroatoms. The van der Waals surface area contributed by atoms with Crippen LogP contribution in [0.15, 0.2) is 40.8 Å². The van der Waals surface area contributed by atoms with Crippen LogP contribution < -0.4 is 10.9 Å². The maximum Gasteiger partial charge on any atom is 0.263 e. The number of carbonyl (C=O) groups is 1. The van der Waals surface area contributed by atoms with E-state index < -0.39 is 0 Å². The van der Waals surface area contributed by atoms with Crippen molar-refractivity contribution in [3.63, 3.8) is 0 Å². The monoisotopic (exact) mass is 369 g/mol. The molecule has 3 rings (SSSR count). The van der Waals surface area contributed by atoms with Crippen molar-refractivity contribution in [2.24, 2.45) is 5.92 Å². The lowest BCUT2D eigenvalue weighted by atomic mass is 10.1. The minimum Gasteiger partial charge on any atom is -0.352 e. The van der Waals surface area contributed by atoms with Crippen LogP contribution in [-0.4, -0.2) is 21.5 Å². The van der Waals surface area contributed by atoms with Gasteiger partial charge in [-0.25, -0.2) is 4.98 Å². The van der Waals surface area contributed by atoms with E-state index in [2.05, 4.69) is 10.3 Å². The van der Waals surface area contributed by atoms with Gasteiger partial charge < -0.3 is 5.32 Å². The minimum atomic E-state index is -0.181. The van der Waals surface area contributed by atoms with E-state index in [1.807, 2.05) is 57.3 Å². The average Bonchev–Trinajstić information content (AvgIpc) is 3.02. The molecule has 0 aliphatic rings. The third-order valence-corrected chi connectivity index (χ3v) is 5.51. The normalized spacial score (nSPS) is 12.5. The molecule has 2 heterocycles. The topological polar surface area (TPSA) is 64.0 Å². The second kappa shape index (κ2) is 7.41. The zero-order valence-corrected chi connectivity index (χ0v) is 16.3. The summed E-state index contributed by atoms with van der Waals surface area (Å²) in [5, 5.41) is 5.45. The maximum atomic E-state index is 13.0. The summed E-state index contributed by atoms with van der Waals surface area (Å²) in [5.74, 6) is 0.155. The van der Waals surface area contributed by atoms with Crippen molar-refractivity contribution < 1.29 is 4.79 Å². The molecule has 136 valence electrons. The Kier molecular flexibility index (Phi) is 5.23. The van der Waals surface area contributed by atoms with Crippen LogP contribution in [0.25, 0.3) is 21.3 Å². The van der Waals surface area contributed by atoms with Gasteiger partial charge in [-0.2, -0.15) is 0 Å². The molecule has 0 spiro atoms. The molecular weight excluding hydrogens is 346 g/mol. The summed E-state index contributed by atoms with van der Waals surface area (Å²) in [7, 11) is 0. The zero-order valence-electron chi connectivity index (χ0n) is 15.4. The van der Waals surface area contributed by atoms with Crippen molar-refractivity contribution >= 4 is 27.5 Å². The molecule has 1 aromatic carbocycles. The van der Waals surface area contributed by atoms with Gasteiger partial charge in [0.15, 0.2) is 0 Å². The van der Waals surface area contributed by atoms with E-state index in [4.69, 9.17) is 0 Å². The molecule has 0 saturated heterocycles. The number of hydrogen-bond donors (Lipinski definition) is 1. The van der Waals surface area contributed by atoms with E-state index in [9.17, 15) is 9.59 Å². The average molecular weight is 369 g/mol. The number of thiophene rings is 1. The van der Waals surface area contributed by atoms with Crippen molar-refractivity contribution in [2.45, 2.75) is 40.3 Å². The van der Waals surface area contributed by atoms with E-state index in [-0.39, 0.29) is 24.1 Å². The Bertz CT molecular complexity index is 986. The molecule has 0 saturated carbocycles. The van der Waals surface area contributed by atoms with Crippen LogP contribution in [0, 0.1) is 12.8 Å². The van der Waals surface area contributed by atoms with E-state index in [0.29, 0.717) is 16.1 Å². The molecule has 26 heavy (non-hydrogen) atoms. The number of nitrogens with one attached hydrogen (secondary N) is 1. The fraction of sp³-hybridized carbons (Fsp3) is 0.350. The van der Waals surface area contributed by atoms with Gasteiger partial charge in [0.25, 0.3) is 5.56 Å². The molecule has 1 N–H and O–H groups in total. The third-order valence-electron chi connectivity index (χ3n) is 4.63. The molecular formula is C20H23N3O2S. The van der Waals surface area contributed by atoms with Gasteiger partial charge in [0.2, 0.25) is 5.91 Å². The quantitative estimate of drug-likeness (QED) is 0.747. The number of rotatable bonds is 5. The number of carbonyl (C=O) groups excluding carboxylic acids is 1. The number of fused-ring (bicyclic) bond motifs is 1. The number of aryl methyl sites for hydroxylation is 1. The van der Waals surface area contributed by atoms with Crippen LogP contribution in [-0.2, 0) is 11.3 Å². The lowest BCUT2D eigenvalue weighted by molar-refractivity contribution is -0.122. The second-order valence-electron chi connectivity index (χ2n) is 6.97. The number of benzene rings is 1. The van der Waals surface area contributed by atoms with E-state index >= 15 is 0 Å². The first kappa shape index (κ1) is 18.3. The number of aromatic nitrogens is 2. The highest BCUT2D eigenvalue weighted by atomic mass is 32.1. The van der Waals surface area contributed by atoms with Gasteiger partial charge in [-0.05, 0) is 25.3 Å². The molecule has 3 aromatic rings. The molecule has 5 nitrogen and oxygen atoms in total. The summed E-state index contributed by atoms with van der Waals surface area (Å²) in [6.45, 7) is 8.05. The molecule has 1 amide bonds. The maximum absolute atomic E-state index is 13.0. The fourth-order valence-electron chi connectivity index (χ4n) is 2.65. The first-order chi connectivity index (χ1) is 12.4. The van der Waals surface area contributed by atoms with Gasteiger partial charge in [-0.15, -0.1) is 11.3 Å². The SMILES string of the molecule is Cc1ccc(-c2csc3ncn(CC(=O)N[C@@H](C)C(C)C)c(=O)c23)cc1. The van der Waals surface area contributed by atoms with Crippen molar-refractivity contribution in [1.29, 1.82) is 0 Å². The Balaban J connectivity index is 1.95. The van der Waals surface area contributed by atoms with Crippen LogP contribution in [0.5, 0.6) is 0 Å². The lowest BCUT2D eigenvalue weighted by Crippen LogP contribution is -2.39. The first-order valence-electron chi connectivity index (χ1n) is 8.70. The zero-order chi connectivity index (χ0) is 18.8. The first-order valence-corrected chi connectivity index (χ1v) is 9.58. The van der Waals surface area contributed by atoms with E-state index in [1.165, 1.54) is 27.8 Å². The van der Waals surface area contributed by atoms with Gasteiger partial charge in [0, 0.05) is 17.0 Å². The smallest absolute Gasteiger partial charge is 0.263 e. The largest absolute Gasteiger partial charge is 0.352 e. The van der Waals surface area contributed by atoms with Crippen LogP contribution in [0.2, 0.25) is 0 Å². The Labute approximate surface area is 156 Å². The van der Waals surface area contributed by atoms with Gasteiger partial charge in [-0.1, -0.05) is 43.7 Å². The Morgan fingerprint density at radius 3 is 2.58 bits per heavy atom. The molecule has 0 aliphatic carbocycles. The molecule has 1 atom stereocenters.